The Balaban J connectivity index is 2.77. The van der Waals surface area contributed by atoms with Gasteiger partial charge in [0, 0.05) is 13.6 Å². The average molecular weight is 243 g/mol. The number of carbonyl (C=O) groups is 2. The summed E-state index contributed by atoms with van der Waals surface area (Å²) in [6, 6.07) is -1.13. The van der Waals surface area contributed by atoms with Gasteiger partial charge in [0.1, 0.15) is 6.04 Å². The predicted molar refractivity (Wildman–Crippen MR) is 63.2 cm³/mol. The van der Waals surface area contributed by atoms with Crippen LogP contribution in [0.3, 0.4) is 0 Å². The van der Waals surface area contributed by atoms with Gasteiger partial charge in [-0.05, 0) is 5.92 Å². The number of rotatable bonds is 3. The highest BCUT2D eigenvalue weighted by molar-refractivity contribution is 5.90. The number of nitrogens with zero attached hydrogens (tertiary/aromatic N) is 1. The van der Waals surface area contributed by atoms with Gasteiger partial charge >= 0.3 is 0 Å². The molecule has 1 unspecified atom stereocenters. The lowest BCUT2D eigenvalue weighted by Crippen LogP contribution is -2.59. The van der Waals surface area contributed by atoms with E-state index < -0.39 is 12.1 Å². The first kappa shape index (κ1) is 13.9. The van der Waals surface area contributed by atoms with Gasteiger partial charge in [-0.15, -0.1) is 0 Å². The molecule has 1 fully saturated rings. The van der Waals surface area contributed by atoms with Crippen LogP contribution < -0.4 is 11.1 Å². The molecule has 1 heterocycles. The lowest BCUT2D eigenvalue weighted by molar-refractivity contribution is -0.149. The van der Waals surface area contributed by atoms with Crippen LogP contribution in [-0.4, -0.2) is 55.6 Å². The van der Waals surface area contributed by atoms with Crippen LogP contribution in [0.15, 0.2) is 0 Å². The minimum Gasteiger partial charge on any atom is -0.377 e. The number of likely N-dealkylation sites (N-methyl/N-ethyl adjacent to an activating group) is 1. The number of hydrogen-bond acceptors (Lipinski definition) is 4. The highest BCUT2D eigenvalue weighted by Crippen LogP contribution is 2.11. The Bertz CT molecular complexity index is 294. The van der Waals surface area contributed by atoms with Gasteiger partial charge in [-0.1, -0.05) is 13.8 Å². The average Bonchev–Trinajstić information content (AvgIpc) is 2.35. The number of carbonyl (C=O) groups excluding carboxylic acids is 2. The van der Waals surface area contributed by atoms with Crippen LogP contribution in [0.4, 0.5) is 0 Å². The molecular formula is C11H21N3O3. The Morgan fingerprint density at radius 1 is 1.47 bits per heavy atom. The van der Waals surface area contributed by atoms with Gasteiger partial charge in [-0.3, -0.25) is 9.59 Å². The molecule has 1 rings (SSSR count). The van der Waals surface area contributed by atoms with E-state index in [-0.39, 0.29) is 24.3 Å². The minimum atomic E-state index is -0.569. The van der Waals surface area contributed by atoms with E-state index in [2.05, 4.69) is 5.32 Å². The molecule has 6 heteroatoms. The van der Waals surface area contributed by atoms with Crippen molar-refractivity contribution in [3.05, 3.63) is 0 Å². The molecule has 0 aromatic carbocycles. The molecule has 2 atom stereocenters. The van der Waals surface area contributed by atoms with Crippen molar-refractivity contribution in [2.75, 3.05) is 26.8 Å². The van der Waals surface area contributed by atoms with Crippen molar-refractivity contribution >= 4 is 11.8 Å². The number of hydrogen-bond donors (Lipinski definition) is 2. The summed E-state index contributed by atoms with van der Waals surface area (Å²) >= 11 is 0. The third-order valence-corrected chi connectivity index (χ3v) is 2.96. The maximum Gasteiger partial charge on any atom is 0.244 e. The van der Waals surface area contributed by atoms with Gasteiger partial charge in [-0.25, -0.2) is 0 Å². The smallest absolute Gasteiger partial charge is 0.244 e. The minimum absolute atomic E-state index is 0.0516. The molecule has 0 spiro atoms. The quantitative estimate of drug-likeness (QED) is 0.662. The highest BCUT2D eigenvalue weighted by atomic mass is 16.5. The van der Waals surface area contributed by atoms with E-state index in [1.165, 1.54) is 4.90 Å². The Morgan fingerprint density at radius 2 is 2.12 bits per heavy atom. The van der Waals surface area contributed by atoms with E-state index in [4.69, 9.17) is 10.5 Å². The Morgan fingerprint density at radius 3 is 2.65 bits per heavy atom. The largest absolute Gasteiger partial charge is 0.377 e. The molecule has 0 saturated carbocycles. The first-order chi connectivity index (χ1) is 7.99. The zero-order valence-electron chi connectivity index (χ0n) is 10.6. The van der Waals surface area contributed by atoms with Crippen LogP contribution in [0.2, 0.25) is 0 Å². The van der Waals surface area contributed by atoms with E-state index in [1.54, 1.807) is 7.05 Å². The number of morpholine rings is 1. The molecule has 3 N–H and O–H groups in total. The third-order valence-electron chi connectivity index (χ3n) is 2.96. The van der Waals surface area contributed by atoms with Crippen LogP contribution in [-0.2, 0) is 14.3 Å². The molecule has 0 aliphatic carbocycles. The van der Waals surface area contributed by atoms with E-state index >= 15 is 0 Å². The van der Waals surface area contributed by atoms with Crippen LogP contribution in [0.1, 0.15) is 13.8 Å². The van der Waals surface area contributed by atoms with Gasteiger partial charge in [-0.2, -0.15) is 0 Å². The summed E-state index contributed by atoms with van der Waals surface area (Å²) in [4.78, 5) is 25.3. The summed E-state index contributed by atoms with van der Waals surface area (Å²) < 4.78 is 5.23. The lowest BCUT2D eigenvalue weighted by atomic mass is 10.0. The molecule has 1 aliphatic heterocycles. The normalized spacial score (nSPS) is 22.4. The molecule has 1 saturated heterocycles. The highest BCUT2D eigenvalue weighted by Gasteiger charge is 2.35. The third kappa shape index (κ3) is 3.17. The van der Waals surface area contributed by atoms with Crippen molar-refractivity contribution in [2.24, 2.45) is 11.7 Å². The fourth-order valence-electron chi connectivity index (χ4n) is 1.73. The van der Waals surface area contributed by atoms with Gasteiger partial charge in [0.05, 0.1) is 19.3 Å². The summed E-state index contributed by atoms with van der Waals surface area (Å²) in [5.74, 6) is -0.346. The molecular weight excluding hydrogens is 222 g/mol. The molecule has 0 radical (unpaired) electrons. The predicted octanol–water partition coefficient (Wildman–Crippen LogP) is -1.06. The zero-order chi connectivity index (χ0) is 13.0. The van der Waals surface area contributed by atoms with E-state index in [1.807, 2.05) is 13.8 Å². The number of nitrogens with one attached hydrogen (secondary N) is 1. The standard InChI is InChI=1S/C11H21N3O3/c1-7(2)9(12)11(16)14-4-5-17-6-8(14)10(15)13-3/h7-9H,4-6,12H2,1-3H3,(H,13,15)/t8?,9-/m0/s1. The molecule has 1 aliphatic rings. The fraction of sp³-hybridized carbons (Fsp3) is 0.818. The topological polar surface area (TPSA) is 84.7 Å². The summed E-state index contributed by atoms with van der Waals surface area (Å²) in [6.07, 6.45) is 0. The lowest BCUT2D eigenvalue weighted by Gasteiger charge is -2.36. The molecule has 2 amide bonds. The fourth-order valence-corrected chi connectivity index (χ4v) is 1.73. The van der Waals surface area contributed by atoms with E-state index in [0.29, 0.717) is 13.2 Å². The molecule has 0 aromatic rings. The second kappa shape index (κ2) is 5.97. The van der Waals surface area contributed by atoms with Gasteiger partial charge in [0.15, 0.2) is 0 Å². The maximum absolute atomic E-state index is 12.1. The van der Waals surface area contributed by atoms with Gasteiger partial charge < -0.3 is 20.7 Å². The van der Waals surface area contributed by atoms with Crippen LogP contribution in [0.5, 0.6) is 0 Å². The zero-order valence-corrected chi connectivity index (χ0v) is 10.6. The second-order valence-electron chi connectivity index (χ2n) is 4.51. The molecule has 6 nitrogen and oxygen atoms in total. The van der Waals surface area contributed by atoms with Crippen molar-refractivity contribution in [3.8, 4) is 0 Å². The van der Waals surface area contributed by atoms with Crippen LogP contribution >= 0.6 is 0 Å². The summed E-state index contributed by atoms with van der Waals surface area (Å²) in [5.41, 5.74) is 5.83. The monoisotopic (exact) mass is 243 g/mol. The SMILES string of the molecule is CNC(=O)C1COCCN1C(=O)[C@@H](N)C(C)C. The number of amides is 2. The van der Waals surface area contributed by atoms with Crippen molar-refractivity contribution in [3.63, 3.8) is 0 Å². The van der Waals surface area contributed by atoms with Gasteiger partial charge in [0.2, 0.25) is 11.8 Å². The van der Waals surface area contributed by atoms with Crippen molar-refractivity contribution in [1.29, 1.82) is 0 Å². The molecule has 0 bridgehead atoms. The first-order valence-corrected chi connectivity index (χ1v) is 5.84. The summed E-state index contributed by atoms with van der Waals surface area (Å²) in [5, 5.41) is 2.53. The summed E-state index contributed by atoms with van der Waals surface area (Å²) in [7, 11) is 1.54. The van der Waals surface area contributed by atoms with Gasteiger partial charge in [0.25, 0.3) is 0 Å². The molecule has 0 aromatic heterocycles. The Labute approximate surface area is 101 Å². The number of nitrogens with two attached hydrogens (primary N) is 1. The van der Waals surface area contributed by atoms with Crippen molar-refractivity contribution < 1.29 is 14.3 Å². The number of ether oxygens (including phenoxy) is 1. The van der Waals surface area contributed by atoms with Crippen LogP contribution in [0, 0.1) is 5.92 Å². The Kier molecular flexibility index (Phi) is 4.89. The van der Waals surface area contributed by atoms with E-state index in [9.17, 15) is 9.59 Å². The van der Waals surface area contributed by atoms with Crippen molar-refractivity contribution in [1.82, 2.24) is 10.2 Å². The second-order valence-corrected chi connectivity index (χ2v) is 4.51. The Hall–Kier alpha value is -1.14. The van der Waals surface area contributed by atoms with Crippen molar-refractivity contribution in [2.45, 2.75) is 25.9 Å². The summed E-state index contributed by atoms with van der Waals surface area (Å²) in [6.45, 7) is 4.87. The first-order valence-electron chi connectivity index (χ1n) is 5.84. The van der Waals surface area contributed by atoms with Crippen LogP contribution in [0.25, 0.3) is 0 Å². The van der Waals surface area contributed by atoms with E-state index in [0.717, 1.165) is 0 Å². The molecule has 98 valence electrons. The maximum atomic E-state index is 12.1. The molecule has 17 heavy (non-hydrogen) atoms.